The van der Waals surface area contributed by atoms with Crippen molar-refractivity contribution in [2.75, 3.05) is 31.6 Å². The second kappa shape index (κ2) is 10.1. The van der Waals surface area contributed by atoms with Crippen molar-refractivity contribution in [1.82, 2.24) is 4.90 Å². The molecule has 1 heterocycles. The average Bonchev–Trinajstić information content (AvgIpc) is 2.78. The normalized spacial score (nSPS) is 14.4. The number of hydrogen-bond donors (Lipinski definition) is 1. The van der Waals surface area contributed by atoms with Crippen LogP contribution in [0.2, 0.25) is 0 Å². The van der Waals surface area contributed by atoms with Crippen LogP contribution in [-0.4, -0.2) is 48.6 Å². The van der Waals surface area contributed by atoms with Crippen LogP contribution in [0, 0.1) is 5.92 Å². The minimum Gasteiger partial charge on any atom is -0.484 e. The van der Waals surface area contributed by atoms with Gasteiger partial charge in [0.05, 0.1) is 5.92 Å². The number of benzene rings is 2. The van der Waals surface area contributed by atoms with Crippen molar-refractivity contribution < 1.29 is 19.4 Å². The first-order valence-electron chi connectivity index (χ1n) is 10.5. The van der Waals surface area contributed by atoms with Gasteiger partial charge in [0.2, 0.25) is 0 Å². The van der Waals surface area contributed by atoms with Crippen LogP contribution in [0.25, 0.3) is 0 Å². The molecule has 160 valence electrons. The molecule has 3 rings (SSSR count). The number of aliphatic carboxylic acids is 1. The van der Waals surface area contributed by atoms with E-state index in [0.29, 0.717) is 25.1 Å². The number of carbonyl (C=O) groups excluding carboxylic acids is 1. The lowest BCUT2D eigenvalue weighted by Crippen LogP contribution is -2.36. The van der Waals surface area contributed by atoms with Crippen LogP contribution >= 0.6 is 0 Å². The van der Waals surface area contributed by atoms with Gasteiger partial charge in [-0.3, -0.25) is 9.59 Å². The molecule has 0 aliphatic carbocycles. The molecule has 6 nitrogen and oxygen atoms in total. The van der Waals surface area contributed by atoms with E-state index in [2.05, 4.69) is 17.9 Å². The first-order chi connectivity index (χ1) is 14.5. The third kappa shape index (κ3) is 5.75. The molecule has 1 aliphatic rings. The first-order valence-corrected chi connectivity index (χ1v) is 10.5. The molecule has 6 heteroatoms. The Balaban J connectivity index is 1.52. The summed E-state index contributed by atoms with van der Waals surface area (Å²) in [4.78, 5) is 27.5. The lowest BCUT2D eigenvalue weighted by atomic mass is 9.96. The molecule has 30 heavy (non-hydrogen) atoms. The van der Waals surface area contributed by atoms with E-state index in [1.54, 1.807) is 11.9 Å². The van der Waals surface area contributed by atoms with Crippen LogP contribution in [0.1, 0.15) is 30.9 Å². The highest BCUT2D eigenvalue weighted by Gasteiger charge is 2.24. The molecule has 0 radical (unpaired) electrons. The Kier molecular flexibility index (Phi) is 7.33. The number of nitrogens with zero attached hydrogens (tertiary/aromatic N) is 2. The van der Waals surface area contributed by atoms with E-state index in [9.17, 15) is 9.59 Å². The molecule has 0 bridgehead atoms. The fraction of sp³-hybridized carbons (Fsp3) is 0.417. The average molecular weight is 411 g/mol. The molecular weight excluding hydrogens is 380 g/mol. The number of carboxylic acid groups (broad SMARTS) is 1. The van der Waals surface area contributed by atoms with E-state index in [0.717, 1.165) is 30.8 Å². The van der Waals surface area contributed by atoms with Crippen LogP contribution in [0.4, 0.5) is 5.69 Å². The van der Waals surface area contributed by atoms with Crippen molar-refractivity contribution in [3.05, 3.63) is 59.7 Å². The van der Waals surface area contributed by atoms with Gasteiger partial charge in [-0.15, -0.1) is 0 Å². The Labute approximate surface area is 178 Å². The number of ether oxygens (including phenoxy) is 1. The minimum absolute atomic E-state index is 0.00433. The van der Waals surface area contributed by atoms with Crippen LogP contribution in [0.15, 0.2) is 48.5 Å². The number of hydrogen-bond acceptors (Lipinski definition) is 4. The molecule has 2 aromatic rings. The zero-order valence-electron chi connectivity index (χ0n) is 17.7. The van der Waals surface area contributed by atoms with Gasteiger partial charge in [0.15, 0.2) is 6.61 Å². The molecule has 0 unspecified atom stereocenters. The molecule has 0 saturated carbocycles. The van der Waals surface area contributed by atoms with E-state index in [4.69, 9.17) is 9.84 Å². The summed E-state index contributed by atoms with van der Waals surface area (Å²) in [5, 5.41) is 9.16. The molecule has 0 aromatic heterocycles. The number of carbonyl (C=O) groups is 2. The van der Waals surface area contributed by atoms with Crippen molar-refractivity contribution >= 4 is 17.6 Å². The predicted octanol–water partition coefficient (Wildman–Crippen LogP) is 3.59. The first kappa shape index (κ1) is 21.7. The molecule has 0 spiro atoms. The highest BCUT2D eigenvalue weighted by atomic mass is 16.5. The van der Waals surface area contributed by atoms with E-state index >= 15 is 0 Å². The van der Waals surface area contributed by atoms with Gasteiger partial charge in [0, 0.05) is 32.4 Å². The number of piperidine rings is 1. The molecule has 1 N–H and O–H groups in total. The van der Waals surface area contributed by atoms with Crippen molar-refractivity contribution in [2.45, 2.75) is 32.7 Å². The number of amides is 1. The summed E-state index contributed by atoms with van der Waals surface area (Å²) in [5.74, 6) is -0.332. The number of aryl methyl sites for hydroxylation is 1. The summed E-state index contributed by atoms with van der Waals surface area (Å²) in [7, 11) is 1.77. The summed E-state index contributed by atoms with van der Waals surface area (Å²) in [6, 6.07) is 15.9. The van der Waals surface area contributed by atoms with Crippen LogP contribution in [-0.2, 0) is 22.6 Å². The quantitative estimate of drug-likeness (QED) is 0.720. The Morgan fingerprint density at radius 1 is 1.10 bits per heavy atom. The minimum atomic E-state index is -0.702. The summed E-state index contributed by atoms with van der Waals surface area (Å²) < 4.78 is 5.63. The second-order valence-electron chi connectivity index (χ2n) is 7.81. The fourth-order valence-electron chi connectivity index (χ4n) is 3.67. The van der Waals surface area contributed by atoms with E-state index in [-0.39, 0.29) is 18.4 Å². The summed E-state index contributed by atoms with van der Waals surface area (Å²) >= 11 is 0. The van der Waals surface area contributed by atoms with Crippen molar-refractivity contribution in [3.8, 4) is 5.75 Å². The van der Waals surface area contributed by atoms with Gasteiger partial charge in [-0.05, 0) is 54.7 Å². The van der Waals surface area contributed by atoms with Crippen LogP contribution < -0.4 is 9.64 Å². The Hall–Kier alpha value is -3.02. The van der Waals surface area contributed by atoms with Gasteiger partial charge in [-0.2, -0.15) is 0 Å². The smallest absolute Gasteiger partial charge is 0.306 e. The van der Waals surface area contributed by atoms with Gasteiger partial charge >= 0.3 is 5.97 Å². The van der Waals surface area contributed by atoms with E-state index in [1.807, 2.05) is 42.5 Å². The molecule has 0 atom stereocenters. The Morgan fingerprint density at radius 3 is 2.43 bits per heavy atom. The highest BCUT2D eigenvalue weighted by molar-refractivity contribution is 5.77. The maximum absolute atomic E-state index is 12.5. The number of carboxylic acids is 1. The van der Waals surface area contributed by atoms with Gasteiger partial charge < -0.3 is 19.6 Å². The maximum atomic E-state index is 12.5. The highest BCUT2D eigenvalue weighted by Crippen LogP contribution is 2.24. The van der Waals surface area contributed by atoms with Gasteiger partial charge in [0.1, 0.15) is 5.75 Å². The third-order valence-electron chi connectivity index (χ3n) is 5.66. The lowest BCUT2D eigenvalue weighted by molar-refractivity contribution is -0.142. The van der Waals surface area contributed by atoms with Crippen LogP contribution in [0.5, 0.6) is 5.75 Å². The molecular formula is C24H30N2O4. The van der Waals surface area contributed by atoms with Gasteiger partial charge in [0.25, 0.3) is 5.91 Å². The van der Waals surface area contributed by atoms with E-state index < -0.39 is 5.97 Å². The lowest BCUT2D eigenvalue weighted by Gasteiger charge is -2.32. The fourth-order valence-corrected chi connectivity index (χ4v) is 3.67. The van der Waals surface area contributed by atoms with Gasteiger partial charge in [-0.1, -0.05) is 31.2 Å². The Bertz CT molecular complexity index is 858. The maximum Gasteiger partial charge on any atom is 0.306 e. The number of likely N-dealkylation sites (N-methyl/N-ethyl adjacent to an activating group) is 1. The molecule has 1 fully saturated rings. The molecule has 1 aliphatic heterocycles. The largest absolute Gasteiger partial charge is 0.484 e. The zero-order valence-corrected chi connectivity index (χ0v) is 17.7. The van der Waals surface area contributed by atoms with Gasteiger partial charge in [-0.25, -0.2) is 0 Å². The number of rotatable bonds is 8. The van der Waals surface area contributed by atoms with E-state index in [1.165, 1.54) is 5.56 Å². The monoisotopic (exact) mass is 410 g/mol. The number of anilines is 1. The third-order valence-corrected chi connectivity index (χ3v) is 5.66. The summed E-state index contributed by atoms with van der Waals surface area (Å²) in [6.45, 7) is 4.07. The second-order valence-corrected chi connectivity index (χ2v) is 7.81. The summed E-state index contributed by atoms with van der Waals surface area (Å²) in [5.41, 5.74) is 3.35. The Morgan fingerprint density at radius 2 is 1.80 bits per heavy atom. The standard InChI is InChI=1S/C24H30N2O4/c1-3-18-7-9-22(10-8-18)30-17-23(27)25(2)16-19-5-4-6-21(15-19)26-13-11-20(12-14-26)24(28)29/h4-10,15,20H,3,11-14,16-17H2,1-2H3,(H,28,29). The predicted molar refractivity (Wildman–Crippen MR) is 117 cm³/mol. The van der Waals surface area contributed by atoms with Crippen molar-refractivity contribution in [3.63, 3.8) is 0 Å². The molecule has 2 aromatic carbocycles. The van der Waals surface area contributed by atoms with Crippen molar-refractivity contribution in [1.29, 1.82) is 0 Å². The zero-order chi connectivity index (χ0) is 21.5. The molecule has 1 amide bonds. The van der Waals surface area contributed by atoms with Crippen LogP contribution in [0.3, 0.4) is 0 Å². The molecule has 1 saturated heterocycles. The topological polar surface area (TPSA) is 70.1 Å². The van der Waals surface area contributed by atoms with Crippen molar-refractivity contribution in [2.24, 2.45) is 5.92 Å². The summed E-state index contributed by atoms with van der Waals surface area (Å²) in [6.07, 6.45) is 2.29. The SMILES string of the molecule is CCc1ccc(OCC(=O)N(C)Cc2cccc(N3CCC(C(=O)O)CC3)c2)cc1.